The molecule has 1 fully saturated rings. The molecule has 0 radical (unpaired) electrons. The van der Waals surface area contributed by atoms with Crippen LogP contribution in [0.1, 0.15) is 32.5 Å². The van der Waals surface area contributed by atoms with Gasteiger partial charge < -0.3 is 20.9 Å². The third-order valence-corrected chi connectivity index (χ3v) is 7.70. The van der Waals surface area contributed by atoms with Crippen molar-refractivity contribution >= 4 is 38.6 Å². The van der Waals surface area contributed by atoms with Gasteiger partial charge in [0.2, 0.25) is 5.96 Å². The molecule has 10 nitrogen and oxygen atoms in total. The van der Waals surface area contributed by atoms with Crippen LogP contribution in [0.2, 0.25) is 0 Å². The molecule has 40 heavy (non-hydrogen) atoms. The molecular formula is C27H24F2N6O4S. The van der Waals surface area contributed by atoms with Crippen molar-refractivity contribution in [2.24, 2.45) is 10.1 Å². The number of aromatic amines is 1. The largest absolute Gasteiger partial charge is 0.369 e. The Hall–Kier alpha value is -4.49. The summed E-state index contributed by atoms with van der Waals surface area (Å²) in [5.74, 6) is -5.63. The number of imidazole rings is 1. The fourth-order valence-corrected chi connectivity index (χ4v) is 5.44. The van der Waals surface area contributed by atoms with E-state index in [4.69, 9.17) is 5.73 Å². The van der Waals surface area contributed by atoms with Crippen molar-refractivity contribution in [2.75, 3.05) is 26.2 Å². The zero-order valence-corrected chi connectivity index (χ0v) is 21.8. The number of nitrogens with two attached hydrogens (primary N) is 1. The van der Waals surface area contributed by atoms with Gasteiger partial charge in [0.15, 0.2) is 11.6 Å². The van der Waals surface area contributed by atoms with Crippen molar-refractivity contribution in [3.05, 3.63) is 95.3 Å². The number of carbonyl (C=O) groups is 2. The van der Waals surface area contributed by atoms with Crippen molar-refractivity contribution < 1.29 is 26.8 Å². The number of piperazine rings is 1. The first-order chi connectivity index (χ1) is 19.1. The molecule has 206 valence electrons. The predicted octanol–water partition coefficient (Wildman–Crippen LogP) is 2.60. The van der Waals surface area contributed by atoms with E-state index in [0.717, 1.165) is 18.2 Å². The third kappa shape index (κ3) is 5.60. The SMILES string of the molecule is NC(=NS(=O)(=O)c1cccc(C(=O)C(C(=O)c2cc(F)cc(F)c2)c2nc3ccccc3[nH]2)c1)N1CCNCC1. The van der Waals surface area contributed by atoms with E-state index in [1.165, 1.54) is 18.2 Å². The summed E-state index contributed by atoms with van der Waals surface area (Å²) in [7, 11) is -4.32. The summed E-state index contributed by atoms with van der Waals surface area (Å²) in [5, 5.41) is 3.13. The van der Waals surface area contributed by atoms with Crippen LogP contribution in [-0.2, 0) is 10.0 Å². The lowest BCUT2D eigenvalue weighted by Gasteiger charge is -2.27. The Morgan fingerprint density at radius 2 is 1.60 bits per heavy atom. The second kappa shape index (κ2) is 10.9. The Bertz CT molecular complexity index is 1700. The van der Waals surface area contributed by atoms with Gasteiger partial charge in [-0.25, -0.2) is 13.8 Å². The Morgan fingerprint density at radius 3 is 2.30 bits per heavy atom. The van der Waals surface area contributed by atoms with Crippen LogP contribution in [0.5, 0.6) is 0 Å². The molecule has 0 saturated carbocycles. The average molecular weight is 567 g/mol. The topological polar surface area (TPSA) is 151 Å². The molecule has 1 atom stereocenters. The Kier molecular flexibility index (Phi) is 7.41. The fourth-order valence-electron chi connectivity index (χ4n) is 4.44. The number of sulfonamides is 1. The van der Waals surface area contributed by atoms with Crippen molar-refractivity contribution in [3.8, 4) is 0 Å². The second-order valence-corrected chi connectivity index (χ2v) is 10.8. The van der Waals surface area contributed by atoms with Crippen molar-refractivity contribution in [2.45, 2.75) is 10.8 Å². The van der Waals surface area contributed by atoms with Crippen LogP contribution in [0, 0.1) is 11.6 Å². The third-order valence-electron chi connectivity index (χ3n) is 6.42. The number of guanidine groups is 1. The highest BCUT2D eigenvalue weighted by Crippen LogP contribution is 2.28. The van der Waals surface area contributed by atoms with E-state index in [-0.39, 0.29) is 27.8 Å². The first-order valence-electron chi connectivity index (χ1n) is 12.3. The molecule has 1 aliphatic heterocycles. The summed E-state index contributed by atoms with van der Waals surface area (Å²) in [4.78, 5) is 36.0. The molecule has 13 heteroatoms. The first kappa shape index (κ1) is 27.1. The van der Waals surface area contributed by atoms with Crippen LogP contribution in [0.3, 0.4) is 0 Å². The van der Waals surface area contributed by atoms with E-state index in [0.29, 0.717) is 43.3 Å². The zero-order chi connectivity index (χ0) is 28.4. The number of hydrogen-bond donors (Lipinski definition) is 3. The van der Waals surface area contributed by atoms with Gasteiger partial charge in [-0.05, 0) is 36.4 Å². The quantitative estimate of drug-likeness (QED) is 0.134. The van der Waals surface area contributed by atoms with Gasteiger partial charge in [-0.3, -0.25) is 9.59 Å². The number of aromatic nitrogens is 2. The monoisotopic (exact) mass is 566 g/mol. The molecule has 0 aliphatic carbocycles. The zero-order valence-electron chi connectivity index (χ0n) is 21.0. The normalized spacial score (nSPS) is 15.2. The van der Waals surface area contributed by atoms with Gasteiger partial charge in [-0.2, -0.15) is 8.42 Å². The van der Waals surface area contributed by atoms with E-state index in [1.54, 1.807) is 29.2 Å². The molecule has 0 spiro atoms. The standard InChI is InChI=1S/C27H24F2N6O4S/c28-18-12-17(13-19(29)15-18)25(37)23(26-32-21-6-1-2-7-22(21)33-26)24(36)16-4-3-5-20(14-16)40(38,39)34-27(30)35-10-8-31-9-11-35/h1-7,12-15,23,31H,8-11H2,(H2,30,34)(H,32,33). The minimum atomic E-state index is -4.32. The molecule has 5 rings (SSSR count). The lowest BCUT2D eigenvalue weighted by molar-refractivity contribution is 0.0855. The maximum absolute atomic E-state index is 14.0. The van der Waals surface area contributed by atoms with Crippen molar-refractivity contribution in [3.63, 3.8) is 0 Å². The van der Waals surface area contributed by atoms with Gasteiger partial charge in [0.1, 0.15) is 23.4 Å². The van der Waals surface area contributed by atoms with Gasteiger partial charge in [0, 0.05) is 43.4 Å². The molecule has 1 saturated heterocycles. The number of H-pyrrole nitrogens is 1. The summed E-state index contributed by atoms with van der Waals surface area (Å²) in [6.07, 6.45) is 0. The predicted molar refractivity (Wildman–Crippen MR) is 144 cm³/mol. The number of ketones is 2. The van der Waals surface area contributed by atoms with Crippen LogP contribution >= 0.6 is 0 Å². The first-order valence-corrected chi connectivity index (χ1v) is 13.7. The Balaban J connectivity index is 1.54. The molecule has 4 N–H and O–H groups in total. The number of nitrogens with one attached hydrogen (secondary N) is 2. The molecule has 3 aromatic carbocycles. The highest BCUT2D eigenvalue weighted by atomic mass is 32.2. The number of benzene rings is 3. The molecular weight excluding hydrogens is 542 g/mol. The van der Waals surface area contributed by atoms with E-state index in [1.807, 2.05) is 0 Å². The number of Topliss-reactive ketones (excluding diaryl/α,β-unsaturated/α-hetero) is 2. The Morgan fingerprint density at radius 1 is 0.925 bits per heavy atom. The number of para-hydroxylation sites is 2. The van der Waals surface area contributed by atoms with Crippen molar-refractivity contribution in [1.29, 1.82) is 0 Å². The highest BCUT2D eigenvalue weighted by molar-refractivity contribution is 7.90. The lowest BCUT2D eigenvalue weighted by atomic mass is 9.89. The summed E-state index contributed by atoms with van der Waals surface area (Å²) in [6.45, 7) is 2.19. The maximum atomic E-state index is 14.0. The summed E-state index contributed by atoms with van der Waals surface area (Å²) in [6, 6.07) is 14.0. The minimum Gasteiger partial charge on any atom is -0.369 e. The molecule has 1 aromatic heterocycles. The number of hydrogen-bond acceptors (Lipinski definition) is 6. The number of nitrogens with zero attached hydrogens (tertiary/aromatic N) is 3. The Labute approximate surface area is 228 Å². The van der Waals surface area contributed by atoms with E-state index in [2.05, 4.69) is 19.7 Å². The van der Waals surface area contributed by atoms with Crippen LogP contribution in [0.4, 0.5) is 8.78 Å². The summed E-state index contributed by atoms with van der Waals surface area (Å²) >= 11 is 0. The van der Waals surface area contributed by atoms with Gasteiger partial charge in [-0.15, -0.1) is 4.40 Å². The van der Waals surface area contributed by atoms with Crippen LogP contribution in [0.25, 0.3) is 11.0 Å². The minimum absolute atomic E-state index is 0.0601. The molecule has 4 aromatic rings. The molecule has 1 aliphatic rings. The summed E-state index contributed by atoms with van der Waals surface area (Å²) < 4.78 is 57.8. The number of rotatable bonds is 7. The van der Waals surface area contributed by atoms with Crippen LogP contribution in [-0.4, -0.2) is 67.0 Å². The van der Waals surface area contributed by atoms with Gasteiger partial charge in [0.05, 0.1) is 15.9 Å². The van der Waals surface area contributed by atoms with Gasteiger partial charge in [-0.1, -0.05) is 24.3 Å². The lowest BCUT2D eigenvalue weighted by Crippen LogP contribution is -2.49. The van der Waals surface area contributed by atoms with Crippen LogP contribution in [0.15, 0.2) is 76.0 Å². The maximum Gasteiger partial charge on any atom is 0.285 e. The average Bonchev–Trinajstić information content (AvgIpc) is 3.36. The molecule has 2 heterocycles. The molecule has 0 bridgehead atoms. The number of halogens is 2. The number of carbonyl (C=O) groups excluding carboxylic acids is 2. The van der Waals surface area contributed by atoms with Gasteiger partial charge in [0.25, 0.3) is 10.0 Å². The second-order valence-electron chi connectivity index (χ2n) is 9.15. The van der Waals surface area contributed by atoms with E-state index < -0.39 is 39.1 Å². The molecule has 1 unspecified atom stereocenters. The highest BCUT2D eigenvalue weighted by Gasteiger charge is 2.34. The molecule has 0 amide bonds. The smallest absolute Gasteiger partial charge is 0.285 e. The fraction of sp³-hybridized carbons (Fsp3) is 0.185. The van der Waals surface area contributed by atoms with Crippen molar-refractivity contribution in [1.82, 2.24) is 20.2 Å². The van der Waals surface area contributed by atoms with E-state index in [9.17, 15) is 26.8 Å². The van der Waals surface area contributed by atoms with Crippen LogP contribution < -0.4 is 11.1 Å². The number of fused-ring (bicyclic) bond motifs is 1. The summed E-state index contributed by atoms with van der Waals surface area (Å²) in [5.41, 5.74) is 6.41. The van der Waals surface area contributed by atoms with Gasteiger partial charge >= 0.3 is 0 Å². The van der Waals surface area contributed by atoms with E-state index >= 15 is 0 Å².